The SMILES string of the molecule is CCOC(=O)c1c(-c2ccccc2)c[n+]([O-])c2ccc(Br)cc12. The van der Waals surface area contributed by atoms with Crippen LogP contribution in [0.4, 0.5) is 0 Å². The number of nitrogens with zero attached hydrogens (tertiary/aromatic N) is 1. The van der Waals surface area contributed by atoms with Crippen LogP contribution in [0.15, 0.2) is 59.2 Å². The molecule has 5 heteroatoms. The Morgan fingerprint density at radius 1 is 1.22 bits per heavy atom. The Kier molecular flexibility index (Phi) is 4.30. The highest BCUT2D eigenvalue weighted by Crippen LogP contribution is 2.30. The molecule has 2 aromatic carbocycles. The van der Waals surface area contributed by atoms with Crippen LogP contribution >= 0.6 is 15.9 Å². The maximum Gasteiger partial charge on any atom is 0.339 e. The topological polar surface area (TPSA) is 53.2 Å². The lowest BCUT2D eigenvalue weighted by atomic mass is 9.98. The van der Waals surface area contributed by atoms with Crippen molar-refractivity contribution in [3.05, 3.63) is 70.0 Å². The van der Waals surface area contributed by atoms with Crippen LogP contribution in [0.5, 0.6) is 0 Å². The van der Waals surface area contributed by atoms with E-state index in [1.807, 2.05) is 30.3 Å². The van der Waals surface area contributed by atoms with Gasteiger partial charge < -0.3 is 9.94 Å². The third-order valence-corrected chi connectivity index (χ3v) is 4.04. The van der Waals surface area contributed by atoms with Crippen LogP contribution in [0.1, 0.15) is 17.3 Å². The lowest BCUT2D eigenvalue weighted by molar-refractivity contribution is -0.576. The third kappa shape index (κ3) is 2.92. The Hall–Kier alpha value is -2.40. The number of aromatic nitrogens is 1. The first kappa shape index (κ1) is 15.5. The molecule has 0 bridgehead atoms. The van der Waals surface area contributed by atoms with E-state index in [0.29, 0.717) is 22.0 Å². The van der Waals surface area contributed by atoms with E-state index < -0.39 is 5.97 Å². The molecule has 0 spiro atoms. The fourth-order valence-electron chi connectivity index (χ4n) is 2.56. The van der Waals surface area contributed by atoms with Gasteiger partial charge >= 0.3 is 5.97 Å². The van der Waals surface area contributed by atoms with Gasteiger partial charge in [0.25, 0.3) is 0 Å². The minimum absolute atomic E-state index is 0.273. The van der Waals surface area contributed by atoms with Gasteiger partial charge in [0.1, 0.15) is 0 Å². The molecule has 0 amide bonds. The van der Waals surface area contributed by atoms with Gasteiger partial charge in [0.05, 0.1) is 23.1 Å². The highest BCUT2D eigenvalue weighted by atomic mass is 79.9. The molecule has 3 rings (SSSR count). The Balaban J connectivity index is 2.39. The molecule has 0 aliphatic rings. The smallest absolute Gasteiger partial charge is 0.339 e. The van der Waals surface area contributed by atoms with Gasteiger partial charge in [-0.2, -0.15) is 4.73 Å². The summed E-state index contributed by atoms with van der Waals surface area (Å²) in [5.41, 5.74) is 2.18. The largest absolute Gasteiger partial charge is 0.618 e. The van der Waals surface area contributed by atoms with Crippen LogP contribution < -0.4 is 4.73 Å². The normalized spacial score (nSPS) is 10.7. The lowest BCUT2D eigenvalue weighted by Gasteiger charge is -2.12. The Bertz CT molecular complexity index is 878. The van der Waals surface area contributed by atoms with Gasteiger partial charge in [0.15, 0.2) is 6.20 Å². The predicted molar refractivity (Wildman–Crippen MR) is 92.0 cm³/mol. The maximum absolute atomic E-state index is 12.5. The minimum atomic E-state index is -0.435. The monoisotopic (exact) mass is 371 g/mol. The van der Waals surface area contributed by atoms with E-state index in [-0.39, 0.29) is 6.61 Å². The summed E-state index contributed by atoms with van der Waals surface area (Å²) >= 11 is 3.40. The summed E-state index contributed by atoms with van der Waals surface area (Å²) in [7, 11) is 0. The number of ether oxygens (including phenoxy) is 1. The van der Waals surface area contributed by atoms with Crippen molar-refractivity contribution in [2.45, 2.75) is 6.92 Å². The van der Waals surface area contributed by atoms with E-state index in [1.54, 1.807) is 25.1 Å². The molecule has 0 aliphatic carbocycles. The Morgan fingerprint density at radius 3 is 2.65 bits per heavy atom. The van der Waals surface area contributed by atoms with Crippen molar-refractivity contribution in [1.82, 2.24) is 0 Å². The summed E-state index contributed by atoms with van der Waals surface area (Å²) in [4.78, 5) is 12.5. The zero-order chi connectivity index (χ0) is 16.4. The van der Waals surface area contributed by atoms with E-state index in [1.165, 1.54) is 6.20 Å². The summed E-state index contributed by atoms with van der Waals surface area (Å²) in [5.74, 6) is -0.435. The number of esters is 1. The van der Waals surface area contributed by atoms with Gasteiger partial charge in [0, 0.05) is 10.5 Å². The second-order valence-electron chi connectivity index (χ2n) is 4.99. The number of carbonyl (C=O) groups excluding carboxylic acids is 1. The average Bonchev–Trinajstić information content (AvgIpc) is 2.55. The zero-order valence-corrected chi connectivity index (χ0v) is 14.0. The first-order valence-electron chi connectivity index (χ1n) is 7.19. The van der Waals surface area contributed by atoms with Crippen molar-refractivity contribution in [1.29, 1.82) is 0 Å². The highest BCUT2D eigenvalue weighted by molar-refractivity contribution is 9.10. The van der Waals surface area contributed by atoms with Gasteiger partial charge in [0.2, 0.25) is 5.52 Å². The third-order valence-electron chi connectivity index (χ3n) is 3.55. The number of benzene rings is 2. The fraction of sp³-hybridized carbons (Fsp3) is 0.111. The molecule has 0 radical (unpaired) electrons. The molecule has 23 heavy (non-hydrogen) atoms. The molecule has 3 aromatic rings. The summed E-state index contributed by atoms with van der Waals surface area (Å²) in [6.45, 7) is 2.03. The van der Waals surface area contributed by atoms with Gasteiger partial charge in [-0.15, -0.1) is 0 Å². The van der Waals surface area contributed by atoms with Crippen molar-refractivity contribution < 1.29 is 14.3 Å². The van der Waals surface area contributed by atoms with Crippen molar-refractivity contribution >= 4 is 32.8 Å². The molecular weight excluding hydrogens is 358 g/mol. The number of fused-ring (bicyclic) bond motifs is 1. The zero-order valence-electron chi connectivity index (χ0n) is 12.5. The Labute approximate surface area is 142 Å². The maximum atomic E-state index is 12.5. The predicted octanol–water partition coefficient (Wildman–Crippen LogP) is 4.08. The van der Waals surface area contributed by atoms with Crippen molar-refractivity contribution in [3.63, 3.8) is 0 Å². The lowest BCUT2D eigenvalue weighted by Crippen LogP contribution is -2.28. The van der Waals surface area contributed by atoms with Crippen LogP contribution in [0.2, 0.25) is 0 Å². The van der Waals surface area contributed by atoms with Gasteiger partial charge in [-0.3, -0.25) is 0 Å². The molecule has 0 fully saturated rings. The average molecular weight is 372 g/mol. The minimum Gasteiger partial charge on any atom is -0.618 e. The number of rotatable bonds is 3. The number of hydrogen-bond acceptors (Lipinski definition) is 3. The van der Waals surface area contributed by atoms with Gasteiger partial charge in [-0.05, 0) is 24.6 Å². The standard InChI is InChI=1S/C18H14BrNO3/c1-2-23-18(21)17-14-10-13(19)8-9-16(14)20(22)11-15(17)12-6-4-3-5-7-12/h3-11H,2H2,1H3. The van der Waals surface area contributed by atoms with Crippen LogP contribution in [0, 0.1) is 5.21 Å². The van der Waals surface area contributed by atoms with E-state index in [0.717, 1.165) is 14.8 Å². The number of carbonyl (C=O) groups is 1. The van der Waals surface area contributed by atoms with Crippen LogP contribution in [-0.4, -0.2) is 12.6 Å². The number of hydrogen-bond donors (Lipinski definition) is 0. The molecule has 116 valence electrons. The number of pyridine rings is 1. The van der Waals surface area contributed by atoms with Crippen molar-refractivity contribution in [2.24, 2.45) is 0 Å². The van der Waals surface area contributed by atoms with E-state index in [9.17, 15) is 10.0 Å². The van der Waals surface area contributed by atoms with E-state index in [4.69, 9.17) is 4.74 Å². The molecule has 0 unspecified atom stereocenters. The fourth-order valence-corrected chi connectivity index (χ4v) is 2.92. The van der Waals surface area contributed by atoms with Crippen molar-refractivity contribution in [2.75, 3.05) is 6.61 Å². The van der Waals surface area contributed by atoms with E-state index >= 15 is 0 Å². The first-order valence-corrected chi connectivity index (χ1v) is 7.99. The van der Waals surface area contributed by atoms with Gasteiger partial charge in [-0.25, -0.2) is 4.79 Å². The molecule has 1 heterocycles. The van der Waals surface area contributed by atoms with Crippen LogP contribution in [0.25, 0.3) is 22.0 Å². The van der Waals surface area contributed by atoms with Crippen molar-refractivity contribution in [3.8, 4) is 11.1 Å². The molecule has 1 aromatic heterocycles. The highest BCUT2D eigenvalue weighted by Gasteiger charge is 2.23. The molecular formula is C18H14BrNO3. The molecule has 0 atom stereocenters. The van der Waals surface area contributed by atoms with Crippen LogP contribution in [0.3, 0.4) is 0 Å². The van der Waals surface area contributed by atoms with E-state index in [2.05, 4.69) is 15.9 Å². The summed E-state index contributed by atoms with van der Waals surface area (Å²) in [5, 5.41) is 12.9. The van der Waals surface area contributed by atoms with Crippen LogP contribution in [-0.2, 0) is 4.74 Å². The summed E-state index contributed by atoms with van der Waals surface area (Å²) in [6, 6.07) is 14.6. The first-order chi connectivity index (χ1) is 11.1. The molecule has 0 saturated carbocycles. The summed E-state index contributed by atoms with van der Waals surface area (Å²) in [6.07, 6.45) is 1.43. The Morgan fingerprint density at radius 2 is 1.96 bits per heavy atom. The van der Waals surface area contributed by atoms with Gasteiger partial charge in [-0.1, -0.05) is 46.3 Å². The molecule has 4 nitrogen and oxygen atoms in total. The number of halogens is 1. The summed E-state index contributed by atoms with van der Waals surface area (Å²) < 4.78 is 6.79. The molecule has 0 saturated heterocycles. The molecule has 0 N–H and O–H groups in total. The second-order valence-corrected chi connectivity index (χ2v) is 5.91. The quantitative estimate of drug-likeness (QED) is 0.396. The molecule has 0 aliphatic heterocycles. The second kappa shape index (κ2) is 6.38.